The fraction of sp³-hybridized carbons (Fsp3) is 0.364. The molecule has 2 heterocycles. The Morgan fingerprint density at radius 3 is 3.06 bits per heavy atom. The molecule has 2 aromatic rings. The molecule has 17 heavy (non-hydrogen) atoms. The molecule has 0 aliphatic heterocycles. The molecule has 0 radical (unpaired) electrons. The molecule has 6 heteroatoms. The first-order valence-corrected chi connectivity index (χ1v) is 6.39. The molecule has 0 fully saturated rings. The summed E-state index contributed by atoms with van der Waals surface area (Å²) >= 11 is 1.51. The summed E-state index contributed by atoms with van der Waals surface area (Å²) in [4.78, 5) is 16.1. The monoisotopic (exact) mass is 251 g/mol. The van der Waals surface area contributed by atoms with Gasteiger partial charge in [-0.15, -0.1) is 11.8 Å². The van der Waals surface area contributed by atoms with Crippen molar-refractivity contribution < 1.29 is 9.53 Å². The third-order valence-electron chi connectivity index (χ3n) is 2.12. The zero-order valence-electron chi connectivity index (χ0n) is 9.71. The van der Waals surface area contributed by atoms with Crippen LogP contribution in [0.1, 0.15) is 24.2 Å². The number of thioether (sulfide) groups is 1. The lowest BCUT2D eigenvalue weighted by molar-refractivity contribution is 0.0524. The van der Waals surface area contributed by atoms with E-state index in [0.717, 1.165) is 5.75 Å². The van der Waals surface area contributed by atoms with Crippen molar-refractivity contribution in [1.29, 1.82) is 0 Å². The largest absolute Gasteiger partial charge is 0.462 e. The van der Waals surface area contributed by atoms with Crippen LogP contribution >= 0.6 is 11.8 Å². The number of fused-ring (bicyclic) bond motifs is 1. The van der Waals surface area contributed by atoms with Crippen molar-refractivity contribution in [2.75, 3.05) is 12.4 Å². The Bertz CT molecular complexity index is 538. The highest BCUT2D eigenvalue weighted by Crippen LogP contribution is 2.24. The van der Waals surface area contributed by atoms with Crippen molar-refractivity contribution in [2.24, 2.45) is 0 Å². The van der Waals surface area contributed by atoms with E-state index in [1.807, 2.05) is 6.92 Å². The van der Waals surface area contributed by atoms with Crippen molar-refractivity contribution in [1.82, 2.24) is 14.6 Å². The third-order valence-corrected chi connectivity index (χ3v) is 2.97. The third kappa shape index (κ3) is 2.26. The van der Waals surface area contributed by atoms with Crippen LogP contribution in [0.2, 0.25) is 0 Å². The van der Waals surface area contributed by atoms with Crippen LogP contribution in [0.3, 0.4) is 0 Å². The number of aromatic nitrogens is 3. The summed E-state index contributed by atoms with van der Waals surface area (Å²) < 4.78 is 6.64. The fourth-order valence-electron chi connectivity index (χ4n) is 1.49. The normalized spacial score (nSPS) is 10.7. The first kappa shape index (κ1) is 11.9. The smallest absolute Gasteiger partial charge is 0.344 e. The van der Waals surface area contributed by atoms with Gasteiger partial charge in [0, 0.05) is 12.4 Å². The number of carbonyl (C=O) groups is 1. The molecule has 0 aromatic carbocycles. The molecular formula is C11H13N3O2S. The van der Waals surface area contributed by atoms with Gasteiger partial charge in [0.1, 0.15) is 10.6 Å². The van der Waals surface area contributed by atoms with Crippen molar-refractivity contribution in [3.05, 3.63) is 24.0 Å². The Morgan fingerprint density at radius 2 is 2.35 bits per heavy atom. The Morgan fingerprint density at radius 1 is 1.53 bits per heavy atom. The van der Waals surface area contributed by atoms with E-state index in [2.05, 4.69) is 10.1 Å². The average molecular weight is 251 g/mol. The molecule has 0 atom stereocenters. The van der Waals surface area contributed by atoms with Crippen LogP contribution in [0, 0.1) is 0 Å². The molecule has 0 saturated carbocycles. The lowest BCUT2D eigenvalue weighted by Crippen LogP contribution is -2.06. The van der Waals surface area contributed by atoms with Crippen molar-refractivity contribution >= 4 is 23.4 Å². The highest BCUT2D eigenvalue weighted by Gasteiger charge is 2.21. The summed E-state index contributed by atoms with van der Waals surface area (Å²) in [6.07, 6.45) is 3.41. The Kier molecular flexibility index (Phi) is 3.63. The quantitative estimate of drug-likeness (QED) is 0.614. The molecule has 0 bridgehead atoms. The number of nitrogens with zero attached hydrogens (tertiary/aromatic N) is 3. The Hall–Kier alpha value is -1.56. The molecule has 0 aliphatic carbocycles. The van der Waals surface area contributed by atoms with Gasteiger partial charge in [-0.3, -0.25) is 0 Å². The topological polar surface area (TPSA) is 56.5 Å². The predicted octanol–water partition coefficient (Wildman–Crippen LogP) is 2.02. The van der Waals surface area contributed by atoms with Crippen LogP contribution in [-0.2, 0) is 4.74 Å². The van der Waals surface area contributed by atoms with Gasteiger partial charge in [-0.2, -0.15) is 5.10 Å². The Labute approximate surface area is 103 Å². The zero-order valence-corrected chi connectivity index (χ0v) is 10.5. The average Bonchev–Trinajstić information content (AvgIpc) is 2.67. The summed E-state index contributed by atoms with van der Waals surface area (Å²) in [5.41, 5.74) is 1.00. The van der Waals surface area contributed by atoms with E-state index in [4.69, 9.17) is 4.74 Å². The summed E-state index contributed by atoms with van der Waals surface area (Å²) in [6.45, 7) is 4.14. The maximum atomic E-state index is 11.9. The first-order valence-electron chi connectivity index (χ1n) is 5.41. The number of hydrogen-bond donors (Lipinski definition) is 0. The molecule has 0 aliphatic rings. The summed E-state index contributed by atoms with van der Waals surface area (Å²) in [6, 6.07) is 1.77. The lowest BCUT2D eigenvalue weighted by atomic mass is 10.3. The van der Waals surface area contributed by atoms with Crippen LogP contribution < -0.4 is 0 Å². The molecule has 0 N–H and O–H groups in total. The van der Waals surface area contributed by atoms with Crippen LogP contribution in [0.25, 0.3) is 5.65 Å². The minimum absolute atomic E-state index is 0.346. The zero-order chi connectivity index (χ0) is 12.3. The van der Waals surface area contributed by atoms with Crippen molar-refractivity contribution in [3.63, 3.8) is 0 Å². The standard InChI is InChI=1S/C11H13N3O2S/c1-3-16-11(15)8-9-12-6-5-7-14(9)13-10(8)17-4-2/h5-7H,3-4H2,1-2H3. The van der Waals surface area contributed by atoms with Gasteiger partial charge in [0.2, 0.25) is 0 Å². The van der Waals surface area contributed by atoms with Crippen molar-refractivity contribution in [3.8, 4) is 0 Å². The minimum Gasteiger partial charge on any atom is -0.462 e. The maximum absolute atomic E-state index is 11.9. The van der Waals surface area contributed by atoms with E-state index in [1.165, 1.54) is 11.8 Å². The second-order valence-corrected chi connectivity index (χ2v) is 4.47. The number of esters is 1. The van der Waals surface area contributed by atoms with Crippen molar-refractivity contribution in [2.45, 2.75) is 18.9 Å². The molecule has 0 spiro atoms. The number of ether oxygens (including phenoxy) is 1. The molecule has 2 aromatic heterocycles. The predicted molar refractivity (Wildman–Crippen MR) is 65.3 cm³/mol. The number of hydrogen-bond acceptors (Lipinski definition) is 5. The second kappa shape index (κ2) is 5.18. The second-order valence-electron chi connectivity index (χ2n) is 3.22. The van der Waals surface area contributed by atoms with Gasteiger partial charge in [-0.25, -0.2) is 14.3 Å². The van der Waals surface area contributed by atoms with Gasteiger partial charge in [0.15, 0.2) is 5.65 Å². The maximum Gasteiger partial charge on any atom is 0.344 e. The SMILES string of the molecule is CCOC(=O)c1c(SCC)nn2cccnc12. The molecule has 5 nitrogen and oxygen atoms in total. The summed E-state index contributed by atoms with van der Waals surface area (Å²) in [5, 5.41) is 4.99. The van der Waals surface area contributed by atoms with Gasteiger partial charge in [-0.05, 0) is 18.7 Å². The van der Waals surface area contributed by atoms with E-state index in [9.17, 15) is 4.79 Å². The van der Waals surface area contributed by atoms with E-state index in [0.29, 0.717) is 22.8 Å². The van der Waals surface area contributed by atoms with Gasteiger partial charge >= 0.3 is 5.97 Å². The molecule has 0 amide bonds. The van der Waals surface area contributed by atoms with Crippen LogP contribution in [-0.4, -0.2) is 32.9 Å². The molecule has 90 valence electrons. The molecular weight excluding hydrogens is 238 g/mol. The Balaban J connectivity index is 2.55. The number of carbonyl (C=O) groups excluding carboxylic acids is 1. The molecule has 0 saturated heterocycles. The molecule has 2 rings (SSSR count). The highest BCUT2D eigenvalue weighted by molar-refractivity contribution is 7.99. The lowest BCUT2D eigenvalue weighted by Gasteiger charge is -2.00. The van der Waals surface area contributed by atoms with Gasteiger partial charge in [0.05, 0.1) is 6.61 Å². The van der Waals surface area contributed by atoms with Gasteiger partial charge < -0.3 is 4.74 Å². The van der Waals surface area contributed by atoms with Gasteiger partial charge in [0.25, 0.3) is 0 Å². The minimum atomic E-state index is -0.364. The summed E-state index contributed by atoms with van der Waals surface area (Å²) in [5.74, 6) is 0.480. The highest BCUT2D eigenvalue weighted by atomic mass is 32.2. The molecule has 0 unspecified atom stereocenters. The van der Waals surface area contributed by atoms with E-state index < -0.39 is 0 Å². The number of rotatable bonds is 4. The van der Waals surface area contributed by atoms with Crippen LogP contribution in [0.15, 0.2) is 23.5 Å². The van der Waals surface area contributed by atoms with E-state index in [-0.39, 0.29) is 5.97 Å². The summed E-state index contributed by atoms with van der Waals surface area (Å²) in [7, 11) is 0. The first-order chi connectivity index (χ1) is 8.27. The van der Waals surface area contributed by atoms with E-state index in [1.54, 1.807) is 29.9 Å². The van der Waals surface area contributed by atoms with E-state index >= 15 is 0 Å². The fourth-order valence-corrected chi connectivity index (χ4v) is 2.22. The van der Waals surface area contributed by atoms with Crippen LogP contribution in [0.5, 0.6) is 0 Å². The van der Waals surface area contributed by atoms with Gasteiger partial charge in [-0.1, -0.05) is 6.92 Å². The van der Waals surface area contributed by atoms with Crippen LogP contribution in [0.4, 0.5) is 0 Å².